The highest BCUT2D eigenvalue weighted by atomic mass is 35.5. The zero-order valence-electron chi connectivity index (χ0n) is 16.3. The van der Waals surface area contributed by atoms with E-state index in [1.54, 1.807) is 25.2 Å². The average Bonchev–Trinajstić information content (AvgIpc) is 3.13. The van der Waals surface area contributed by atoms with Gasteiger partial charge in [-0.3, -0.25) is 4.84 Å². The number of hydrogen-bond donors (Lipinski definition) is 0. The van der Waals surface area contributed by atoms with Crippen molar-refractivity contribution in [2.45, 2.75) is 11.3 Å². The summed E-state index contributed by atoms with van der Waals surface area (Å²) >= 11 is 5.91. The molecule has 0 amide bonds. The van der Waals surface area contributed by atoms with Crippen molar-refractivity contribution in [3.8, 4) is 0 Å². The Morgan fingerprint density at radius 2 is 1.73 bits per heavy atom. The molecule has 162 valence electrons. The Bertz CT molecular complexity index is 1030. The summed E-state index contributed by atoms with van der Waals surface area (Å²) in [4.78, 5) is 7.36. The minimum Gasteiger partial charge on any atom is -0.367 e. The molecule has 2 saturated heterocycles. The van der Waals surface area contributed by atoms with Crippen LogP contribution in [-0.2, 0) is 14.9 Å². The predicted molar refractivity (Wildman–Crippen MR) is 111 cm³/mol. The van der Waals surface area contributed by atoms with Crippen LogP contribution < -0.4 is 4.90 Å². The molecule has 2 fully saturated rings. The van der Waals surface area contributed by atoms with E-state index < -0.39 is 27.1 Å². The number of hydrogen-bond acceptors (Lipinski definition) is 5. The molecule has 2 aliphatic rings. The maximum absolute atomic E-state index is 14.1. The quantitative estimate of drug-likeness (QED) is 0.706. The molecule has 2 aliphatic heterocycles. The molecule has 0 N–H and O–H groups in total. The van der Waals surface area contributed by atoms with Gasteiger partial charge >= 0.3 is 0 Å². The van der Waals surface area contributed by atoms with Crippen LogP contribution in [0.2, 0.25) is 5.02 Å². The number of hydroxylamine groups is 2. The minimum absolute atomic E-state index is 0.00791. The van der Waals surface area contributed by atoms with E-state index >= 15 is 0 Å². The molecular formula is C20H22ClF2N3O3S. The maximum atomic E-state index is 14.1. The van der Waals surface area contributed by atoms with Crippen LogP contribution in [-0.4, -0.2) is 62.9 Å². The first-order valence-corrected chi connectivity index (χ1v) is 11.5. The van der Waals surface area contributed by atoms with Crippen molar-refractivity contribution in [2.24, 2.45) is 0 Å². The molecule has 2 aromatic carbocycles. The van der Waals surface area contributed by atoms with Gasteiger partial charge in [0.2, 0.25) is 10.0 Å². The van der Waals surface area contributed by atoms with Gasteiger partial charge in [0, 0.05) is 33.2 Å². The summed E-state index contributed by atoms with van der Waals surface area (Å²) in [5, 5.41) is 0.549. The molecule has 6 nitrogen and oxygen atoms in total. The van der Waals surface area contributed by atoms with Crippen LogP contribution >= 0.6 is 11.6 Å². The second-order valence-electron chi connectivity index (χ2n) is 7.38. The highest BCUT2D eigenvalue weighted by Crippen LogP contribution is 2.36. The SMILES string of the molecule is CN1OC[C@@H](S(=O)(=O)N2CCN(c3ccccc3F)CC2)[C@@H]1c1ccc(F)c(Cl)c1. The number of benzene rings is 2. The normalized spacial score (nSPS) is 23.8. The van der Waals surface area contributed by atoms with Gasteiger partial charge < -0.3 is 4.90 Å². The van der Waals surface area contributed by atoms with Gasteiger partial charge in [-0.25, -0.2) is 17.2 Å². The maximum Gasteiger partial charge on any atom is 0.221 e. The van der Waals surface area contributed by atoms with Gasteiger partial charge in [-0.05, 0) is 29.8 Å². The number of para-hydroxylation sites is 1. The molecule has 0 unspecified atom stereocenters. The molecule has 0 aliphatic carbocycles. The van der Waals surface area contributed by atoms with Gasteiger partial charge in [0.25, 0.3) is 0 Å². The van der Waals surface area contributed by atoms with E-state index in [0.717, 1.165) is 0 Å². The molecule has 30 heavy (non-hydrogen) atoms. The lowest BCUT2D eigenvalue weighted by molar-refractivity contribution is -0.110. The zero-order valence-corrected chi connectivity index (χ0v) is 17.9. The third-order valence-electron chi connectivity index (χ3n) is 5.65. The van der Waals surface area contributed by atoms with Gasteiger partial charge in [0.1, 0.15) is 16.9 Å². The largest absolute Gasteiger partial charge is 0.367 e. The van der Waals surface area contributed by atoms with E-state index in [1.807, 2.05) is 4.90 Å². The Balaban J connectivity index is 1.53. The molecule has 0 radical (unpaired) electrons. The van der Waals surface area contributed by atoms with Crippen LogP contribution in [0, 0.1) is 11.6 Å². The second-order valence-corrected chi connectivity index (χ2v) is 9.94. The number of sulfonamides is 1. The first-order chi connectivity index (χ1) is 14.3. The Kier molecular flexibility index (Phi) is 6.00. The summed E-state index contributed by atoms with van der Waals surface area (Å²) in [7, 11) is -2.07. The molecule has 4 rings (SSSR count). The Morgan fingerprint density at radius 3 is 2.40 bits per heavy atom. The van der Waals surface area contributed by atoms with Crippen molar-refractivity contribution in [2.75, 3.05) is 44.7 Å². The Morgan fingerprint density at radius 1 is 1.03 bits per heavy atom. The van der Waals surface area contributed by atoms with Crippen LogP contribution in [0.25, 0.3) is 0 Å². The number of rotatable bonds is 4. The average molecular weight is 458 g/mol. The minimum atomic E-state index is -3.72. The molecule has 0 saturated carbocycles. The fourth-order valence-electron chi connectivity index (χ4n) is 4.05. The van der Waals surface area contributed by atoms with Crippen molar-refractivity contribution in [3.63, 3.8) is 0 Å². The van der Waals surface area contributed by atoms with Crippen LogP contribution in [0.5, 0.6) is 0 Å². The standard InChI is InChI=1S/C20H22ClF2N3O3S/c1-24-20(14-6-7-16(22)15(21)12-14)19(13-29-24)30(27,28)26-10-8-25(9-11-26)18-5-3-2-4-17(18)23/h2-7,12,19-20H,8-11,13H2,1H3/t19-,20+/m1/s1. The van der Waals surface area contributed by atoms with Gasteiger partial charge in [-0.15, -0.1) is 0 Å². The molecule has 0 spiro atoms. The van der Waals surface area contributed by atoms with E-state index in [1.165, 1.54) is 33.6 Å². The highest BCUT2D eigenvalue weighted by molar-refractivity contribution is 7.89. The topological polar surface area (TPSA) is 53.1 Å². The molecular weight excluding hydrogens is 436 g/mol. The third kappa shape index (κ3) is 3.92. The second kappa shape index (κ2) is 8.39. The fraction of sp³-hybridized carbons (Fsp3) is 0.400. The van der Waals surface area contributed by atoms with Crippen molar-refractivity contribution >= 4 is 27.3 Å². The van der Waals surface area contributed by atoms with Gasteiger partial charge in [-0.1, -0.05) is 29.8 Å². The highest BCUT2D eigenvalue weighted by Gasteiger charge is 2.46. The van der Waals surface area contributed by atoms with E-state index in [0.29, 0.717) is 24.3 Å². The van der Waals surface area contributed by atoms with E-state index in [4.69, 9.17) is 16.4 Å². The van der Waals surface area contributed by atoms with E-state index in [9.17, 15) is 17.2 Å². The Labute approximate surface area is 179 Å². The molecule has 2 aromatic rings. The monoisotopic (exact) mass is 457 g/mol. The number of halogens is 3. The number of nitrogens with zero attached hydrogens (tertiary/aromatic N) is 3. The van der Waals surface area contributed by atoms with Crippen molar-refractivity contribution < 1.29 is 22.0 Å². The van der Waals surface area contributed by atoms with E-state index in [-0.39, 0.29) is 30.5 Å². The fourth-order valence-corrected chi connectivity index (χ4v) is 6.18. The van der Waals surface area contributed by atoms with Gasteiger partial charge in [0.05, 0.1) is 23.4 Å². The third-order valence-corrected chi connectivity index (χ3v) is 8.18. The van der Waals surface area contributed by atoms with Crippen molar-refractivity contribution in [1.29, 1.82) is 0 Å². The van der Waals surface area contributed by atoms with Gasteiger partial charge in [-0.2, -0.15) is 9.37 Å². The van der Waals surface area contributed by atoms with Crippen LogP contribution in [0.15, 0.2) is 42.5 Å². The summed E-state index contributed by atoms with van der Waals surface area (Å²) in [6.45, 7) is 1.25. The van der Waals surface area contributed by atoms with Crippen LogP contribution in [0.4, 0.5) is 14.5 Å². The molecule has 10 heteroatoms. The Hall–Kier alpha value is -1.78. The summed E-state index contributed by atoms with van der Waals surface area (Å²) in [6, 6.07) is 10.0. The molecule has 0 bridgehead atoms. The summed E-state index contributed by atoms with van der Waals surface area (Å²) < 4.78 is 55.9. The van der Waals surface area contributed by atoms with Crippen molar-refractivity contribution in [1.82, 2.24) is 9.37 Å². The first kappa shape index (κ1) is 21.5. The lowest BCUT2D eigenvalue weighted by Gasteiger charge is -2.37. The van der Waals surface area contributed by atoms with Crippen LogP contribution in [0.3, 0.4) is 0 Å². The predicted octanol–water partition coefficient (Wildman–Crippen LogP) is 3.06. The number of anilines is 1. The van der Waals surface area contributed by atoms with Crippen molar-refractivity contribution in [3.05, 3.63) is 64.7 Å². The lowest BCUT2D eigenvalue weighted by Crippen LogP contribution is -2.52. The summed E-state index contributed by atoms with van der Waals surface area (Å²) in [5.74, 6) is -0.890. The summed E-state index contributed by atoms with van der Waals surface area (Å²) in [5.41, 5.74) is 1.04. The van der Waals surface area contributed by atoms with E-state index in [2.05, 4.69) is 0 Å². The lowest BCUT2D eigenvalue weighted by atomic mass is 10.0. The zero-order chi connectivity index (χ0) is 21.5. The first-order valence-electron chi connectivity index (χ1n) is 9.58. The van der Waals surface area contributed by atoms with Gasteiger partial charge in [0.15, 0.2) is 0 Å². The molecule has 2 atom stereocenters. The molecule has 0 aromatic heterocycles. The number of piperazine rings is 1. The summed E-state index contributed by atoms with van der Waals surface area (Å²) in [6.07, 6.45) is 0. The van der Waals surface area contributed by atoms with Crippen LogP contribution in [0.1, 0.15) is 11.6 Å². The molecule has 2 heterocycles. The smallest absolute Gasteiger partial charge is 0.221 e.